The highest BCUT2D eigenvalue weighted by Crippen LogP contribution is 2.34. The van der Waals surface area contributed by atoms with E-state index in [1.807, 2.05) is 0 Å². The number of benzene rings is 1. The summed E-state index contributed by atoms with van der Waals surface area (Å²) in [6, 6.07) is 4.07. The lowest BCUT2D eigenvalue weighted by molar-refractivity contribution is 0.00617. The monoisotopic (exact) mass is 375 g/mol. The normalized spacial score (nSPS) is 13.2. The number of anilines is 1. The molecule has 0 saturated carbocycles. The molecule has 1 aliphatic heterocycles. The van der Waals surface area contributed by atoms with Crippen molar-refractivity contribution in [2.24, 2.45) is 0 Å². The van der Waals surface area contributed by atoms with Gasteiger partial charge in [-0.25, -0.2) is 19.0 Å². The molecule has 0 saturated heterocycles. The lowest BCUT2D eigenvalue weighted by Gasteiger charge is -2.31. The molecule has 0 unspecified atom stereocenters. The van der Waals surface area contributed by atoms with E-state index in [0.717, 1.165) is 0 Å². The lowest BCUT2D eigenvalue weighted by Crippen LogP contribution is -2.37. The van der Waals surface area contributed by atoms with Crippen molar-refractivity contribution in [3.63, 3.8) is 0 Å². The summed E-state index contributed by atoms with van der Waals surface area (Å²) in [6.07, 6.45) is 0.502. The molecule has 2 heterocycles. The Bertz CT molecular complexity index is 899. The fraction of sp³-hybridized carbons (Fsp3) is 0.421. The predicted molar refractivity (Wildman–Crippen MR) is 96.5 cm³/mol. The molecule has 1 amide bonds. The number of esters is 1. The first-order chi connectivity index (χ1) is 12.6. The number of hydrogen-bond donors (Lipinski definition) is 0. The average Bonchev–Trinajstić information content (AvgIpc) is 2.95. The maximum Gasteiger partial charge on any atom is 0.414 e. The van der Waals surface area contributed by atoms with Crippen LogP contribution < -0.4 is 4.90 Å². The third-order valence-corrected chi connectivity index (χ3v) is 3.81. The molecule has 1 aromatic carbocycles. The second-order valence-corrected chi connectivity index (χ2v) is 7.56. The molecule has 0 fully saturated rings. The molecular weight excluding hydrogens is 353 g/mol. The van der Waals surface area contributed by atoms with Gasteiger partial charge in [-0.05, 0) is 52.8 Å². The van der Waals surface area contributed by atoms with E-state index in [9.17, 15) is 14.0 Å². The van der Waals surface area contributed by atoms with Crippen LogP contribution in [0.25, 0.3) is 5.69 Å². The first-order valence-corrected chi connectivity index (χ1v) is 8.64. The van der Waals surface area contributed by atoms with Crippen LogP contribution in [0.2, 0.25) is 0 Å². The standard InChI is InChI=1S/C19H22FN3O4/c1-11(2)26-18(25)22-9-15-16(17(24)27-19(3,4)5)21-10-23(15)13-7-6-12(20)8-14(13)22/h6-8,10-11H,9H2,1-5H3. The van der Waals surface area contributed by atoms with Crippen molar-refractivity contribution < 1.29 is 23.5 Å². The minimum Gasteiger partial charge on any atom is -0.455 e. The van der Waals surface area contributed by atoms with Crippen molar-refractivity contribution in [1.29, 1.82) is 0 Å². The van der Waals surface area contributed by atoms with E-state index >= 15 is 0 Å². The number of aromatic nitrogens is 2. The molecule has 7 nitrogen and oxygen atoms in total. The average molecular weight is 375 g/mol. The SMILES string of the molecule is CC(C)OC(=O)N1Cc2c(C(=O)OC(C)(C)C)ncn2-c2ccc(F)cc21. The van der Waals surface area contributed by atoms with E-state index in [4.69, 9.17) is 9.47 Å². The summed E-state index contributed by atoms with van der Waals surface area (Å²) in [4.78, 5) is 30.5. The molecule has 1 aliphatic rings. The van der Waals surface area contributed by atoms with Gasteiger partial charge in [-0.15, -0.1) is 0 Å². The van der Waals surface area contributed by atoms with Gasteiger partial charge in [0.1, 0.15) is 17.7 Å². The molecule has 144 valence electrons. The van der Waals surface area contributed by atoms with E-state index in [1.54, 1.807) is 39.2 Å². The van der Waals surface area contributed by atoms with Crippen molar-refractivity contribution in [2.75, 3.05) is 4.90 Å². The second-order valence-electron chi connectivity index (χ2n) is 7.56. The van der Waals surface area contributed by atoms with Gasteiger partial charge in [0, 0.05) is 0 Å². The van der Waals surface area contributed by atoms with Crippen LogP contribution in [0.1, 0.15) is 50.8 Å². The van der Waals surface area contributed by atoms with Crippen molar-refractivity contribution in [3.8, 4) is 5.69 Å². The number of halogens is 1. The van der Waals surface area contributed by atoms with Gasteiger partial charge < -0.3 is 9.47 Å². The molecule has 27 heavy (non-hydrogen) atoms. The summed E-state index contributed by atoms with van der Waals surface area (Å²) in [7, 11) is 0. The van der Waals surface area contributed by atoms with Gasteiger partial charge in [-0.3, -0.25) is 9.47 Å². The molecule has 1 aromatic heterocycles. The Hall–Kier alpha value is -2.90. The Kier molecular flexibility index (Phi) is 4.67. The zero-order valence-electron chi connectivity index (χ0n) is 15.9. The third-order valence-electron chi connectivity index (χ3n) is 3.81. The number of hydrogen-bond acceptors (Lipinski definition) is 5. The maximum atomic E-state index is 13.8. The highest BCUT2D eigenvalue weighted by atomic mass is 19.1. The molecule has 0 aliphatic carbocycles. The molecule has 0 spiro atoms. The van der Waals surface area contributed by atoms with Crippen LogP contribution in [-0.4, -0.2) is 33.3 Å². The van der Waals surface area contributed by atoms with Gasteiger partial charge in [0.2, 0.25) is 0 Å². The molecule has 0 radical (unpaired) electrons. The topological polar surface area (TPSA) is 73.7 Å². The zero-order valence-corrected chi connectivity index (χ0v) is 15.9. The number of ether oxygens (including phenoxy) is 2. The van der Waals surface area contributed by atoms with E-state index in [0.29, 0.717) is 17.1 Å². The van der Waals surface area contributed by atoms with Gasteiger partial charge in [0.25, 0.3) is 0 Å². The smallest absolute Gasteiger partial charge is 0.414 e. The van der Waals surface area contributed by atoms with Crippen LogP contribution in [0.4, 0.5) is 14.9 Å². The number of imidazole rings is 1. The minimum absolute atomic E-state index is 0.0105. The summed E-state index contributed by atoms with van der Waals surface area (Å²) in [5, 5.41) is 0. The molecule has 8 heteroatoms. The first kappa shape index (κ1) is 18.9. The van der Waals surface area contributed by atoms with Gasteiger partial charge in [0.15, 0.2) is 5.69 Å². The van der Waals surface area contributed by atoms with Crippen LogP contribution in [0.3, 0.4) is 0 Å². The molecule has 2 aromatic rings. The third kappa shape index (κ3) is 3.79. The Balaban J connectivity index is 2.07. The van der Waals surface area contributed by atoms with Crippen LogP contribution in [0.15, 0.2) is 24.5 Å². The fourth-order valence-corrected chi connectivity index (χ4v) is 2.81. The fourth-order valence-electron chi connectivity index (χ4n) is 2.81. The Morgan fingerprint density at radius 2 is 1.93 bits per heavy atom. The number of carbonyl (C=O) groups excluding carboxylic acids is 2. The molecule has 3 rings (SSSR count). The largest absolute Gasteiger partial charge is 0.455 e. The van der Waals surface area contributed by atoms with Gasteiger partial charge >= 0.3 is 12.1 Å². The van der Waals surface area contributed by atoms with E-state index in [1.165, 1.54) is 29.4 Å². The second kappa shape index (κ2) is 6.68. The van der Waals surface area contributed by atoms with Crippen LogP contribution in [0, 0.1) is 5.82 Å². The van der Waals surface area contributed by atoms with Crippen LogP contribution in [-0.2, 0) is 16.0 Å². The van der Waals surface area contributed by atoms with Crippen LogP contribution in [0.5, 0.6) is 0 Å². The summed E-state index contributed by atoms with van der Waals surface area (Å²) in [5.74, 6) is -1.06. The summed E-state index contributed by atoms with van der Waals surface area (Å²) < 4.78 is 26.2. The predicted octanol–water partition coefficient (Wildman–Crippen LogP) is 3.83. The van der Waals surface area contributed by atoms with Crippen molar-refractivity contribution >= 4 is 17.7 Å². The number of carbonyl (C=O) groups is 2. The zero-order chi connectivity index (χ0) is 19.9. The van der Waals surface area contributed by atoms with Crippen molar-refractivity contribution in [3.05, 3.63) is 41.7 Å². The Labute approximate surface area is 156 Å². The Morgan fingerprint density at radius 1 is 1.22 bits per heavy atom. The van der Waals surface area contributed by atoms with E-state index in [2.05, 4.69) is 4.98 Å². The molecular formula is C19H22FN3O4. The van der Waals surface area contributed by atoms with Gasteiger partial charge in [0.05, 0.1) is 29.7 Å². The van der Waals surface area contributed by atoms with E-state index < -0.39 is 23.5 Å². The maximum absolute atomic E-state index is 13.8. The van der Waals surface area contributed by atoms with Gasteiger partial charge in [-0.1, -0.05) is 0 Å². The summed E-state index contributed by atoms with van der Waals surface area (Å²) in [6.45, 7) is 8.75. The first-order valence-electron chi connectivity index (χ1n) is 8.64. The number of fused-ring (bicyclic) bond motifs is 3. The molecule has 0 bridgehead atoms. The molecule has 0 N–H and O–H groups in total. The quantitative estimate of drug-likeness (QED) is 0.746. The van der Waals surface area contributed by atoms with Crippen molar-refractivity contribution in [2.45, 2.75) is 52.9 Å². The van der Waals surface area contributed by atoms with E-state index in [-0.39, 0.29) is 18.3 Å². The van der Waals surface area contributed by atoms with Crippen LogP contribution >= 0.6 is 0 Å². The number of rotatable bonds is 2. The highest BCUT2D eigenvalue weighted by Gasteiger charge is 2.33. The van der Waals surface area contributed by atoms with Crippen molar-refractivity contribution in [1.82, 2.24) is 9.55 Å². The highest BCUT2D eigenvalue weighted by molar-refractivity contribution is 5.94. The molecule has 0 atom stereocenters. The number of nitrogens with zero attached hydrogens (tertiary/aromatic N) is 3. The summed E-state index contributed by atoms with van der Waals surface area (Å²) >= 11 is 0. The van der Waals surface area contributed by atoms with Gasteiger partial charge in [-0.2, -0.15) is 0 Å². The minimum atomic E-state index is -0.681. The lowest BCUT2D eigenvalue weighted by atomic mass is 10.1. The summed E-state index contributed by atoms with van der Waals surface area (Å²) in [5.41, 5.74) is 0.785. The Morgan fingerprint density at radius 3 is 2.56 bits per heavy atom. The number of amides is 1.